The first-order valence-electron chi connectivity index (χ1n) is 5.46. The molecule has 3 heteroatoms. The molecule has 2 unspecified atom stereocenters. The first-order chi connectivity index (χ1) is 6.70. The van der Waals surface area contributed by atoms with Crippen LogP contribution in [-0.4, -0.2) is 56.6 Å². The van der Waals surface area contributed by atoms with E-state index in [1.807, 2.05) is 7.05 Å². The highest BCUT2D eigenvalue weighted by atomic mass is 15.2. The fourth-order valence-electron chi connectivity index (χ4n) is 2.80. The van der Waals surface area contributed by atoms with E-state index in [9.17, 15) is 0 Å². The van der Waals surface area contributed by atoms with Crippen LogP contribution < -0.4 is 5.32 Å². The smallest absolute Gasteiger partial charge is 0.0347 e. The second kappa shape index (κ2) is 3.91. The topological polar surface area (TPSA) is 18.5 Å². The van der Waals surface area contributed by atoms with Crippen molar-refractivity contribution in [2.24, 2.45) is 11.8 Å². The Hall–Kier alpha value is -0.540. The van der Waals surface area contributed by atoms with Crippen molar-refractivity contribution in [3.63, 3.8) is 0 Å². The van der Waals surface area contributed by atoms with Crippen molar-refractivity contribution < 1.29 is 0 Å². The van der Waals surface area contributed by atoms with Gasteiger partial charge in [-0.1, -0.05) is 6.58 Å². The van der Waals surface area contributed by atoms with Crippen molar-refractivity contribution in [1.29, 1.82) is 0 Å². The lowest BCUT2D eigenvalue weighted by atomic mass is 10.0. The molecule has 1 N–H and O–H groups in total. The molecule has 2 aliphatic heterocycles. The minimum absolute atomic E-state index is 0.883. The van der Waals surface area contributed by atoms with Gasteiger partial charge in [0.25, 0.3) is 0 Å². The van der Waals surface area contributed by atoms with Crippen molar-refractivity contribution >= 4 is 0 Å². The van der Waals surface area contributed by atoms with Gasteiger partial charge < -0.3 is 15.1 Å². The van der Waals surface area contributed by atoms with Crippen LogP contribution >= 0.6 is 0 Å². The molecule has 0 radical (unpaired) electrons. The summed E-state index contributed by atoms with van der Waals surface area (Å²) in [6, 6.07) is 0. The zero-order valence-corrected chi connectivity index (χ0v) is 9.29. The SMILES string of the molecule is C=C(CNC)N1CC2CN(C)CC2C1. The average molecular weight is 195 g/mol. The maximum atomic E-state index is 4.12. The molecule has 0 aromatic rings. The Balaban J connectivity index is 1.88. The Bertz CT molecular complexity index is 213. The van der Waals surface area contributed by atoms with Crippen LogP contribution in [0.25, 0.3) is 0 Å². The molecule has 2 atom stereocenters. The lowest BCUT2D eigenvalue weighted by molar-refractivity contribution is 0.318. The van der Waals surface area contributed by atoms with Crippen LogP contribution in [0.1, 0.15) is 0 Å². The van der Waals surface area contributed by atoms with Crippen LogP contribution in [-0.2, 0) is 0 Å². The van der Waals surface area contributed by atoms with Crippen molar-refractivity contribution in [2.75, 3.05) is 46.8 Å². The molecular formula is C11H21N3. The third-order valence-electron chi connectivity index (χ3n) is 3.50. The third kappa shape index (κ3) is 1.79. The Morgan fingerprint density at radius 1 is 1.29 bits per heavy atom. The monoisotopic (exact) mass is 195 g/mol. The molecule has 0 aromatic carbocycles. The lowest BCUT2D eigenvalue weighted by Gasteiger charge is -2.23. The molecular weight excluding hydrogens is 174 g/mol. The minimum atomic E-state index is 0.883. The molecule has 2 rings (SSSR count). The number of hydrogen-bond acceptors (Lipinski definition) is 3. The minimum Gasteiger partial charge on any atom is -0.374 e. The summed E-state index contributed by atoms with van der Waals surface area (Å²) in [5.74, 6) is 1.77. The first kappa shape index (κ1) is 9.99. The van der Waals surface area contributed by atoms with Crippen LogP contribution in [0.2, 0.25) is 0 Å². The molecule has 0 bridgehead atoms. The van der Waals surface area contributed by atoms with Gasteiger partial charge in [-0.2, -0.15) is 0 Å². The second-order valence-electron chi connectivity index (χ2n) is 4.74. The highest BCUT2D eigenvalue weighted by Crippen LogP contribution is 2.31. The number of likely N-dealkylation sites (tertiary alicyclic amines) is 2. The molecule has 2 aliphatic rings. The van der Waals surface area contributed by atoms with Crippen molar-refractivity contribution in [1.82, 2.24) is 15.1 Å². The normalized spacial score (nSPS) is 32.3. The van der Waals surface area contributed by atoms with Crippen molar-refractivity contribution in [3.8, 4) is 0 Å². The molecule has 3 nitrogen and oxygen atoms in total. The molecule has 0 amide bonds. The van der Waals surface area contributed by atoms with E-state index >= 15 is 0 Å². The second-order valence-corrected chi connectivity index (χ2v) is 4.74. The zero-order valence-electron chi connectivity index (χ0n) is 9.29. The summed E-state index contributed by atoms with van der Waals surface area (Å²) < 4.78 is 0. The molecule has 80 valence electrons. The third-order valence-corrected chi connectivity index (χ3v) is 3.50. The summed E-state index contributed by atoms with van der Waals surface area (Å²) >= 11 is 0. The summed E-state index contributed by atoms with van der Waals surface area (Å²) in [6.07, 6.45) is 0. The Morgan fingerprint density at radius 3 is 2.36 bits per heavy atom. The standard InChI is InChI=1S/C11H21N3/c1-9(4-12-2)14-7-10-5-13(3)6-11(10)8-14/h10-12H,1,4-8H2,2-3H3. The van der Waals surface area contributed by atoms with Crippen molar-refractivity contribution in [2.45, 2.75) is 0 Å². The van der Waals surface area contributed by atoms with Crippen LogP contribution in [0.15, 0.2) is 12.3 Å². The average Bonchev–Trinajstić information content (AvgIpc) is 2.61. The lowest BCUT2D eigenvalue weighted by Crippen LogP contribution is -2.29. The molecule has 0 aliphatic carbocycles. The summed E-state index contributed by atoms with van der Waals surface area (Å²) in [7, 11) is 4.21. The van der Waals surface area contributed by atoms with E-state index in [1.54, 1.807) is 0 Å². The summed E-state index contributed by atoms with van der Waals surface area (Å²) in [5, 5.41) is 3.17. The van der Waals surface area contributed by atoms with Crippen LogP contribution in [0, 0.1) is 11.8 Å². The Labute approximate surface area is 86.8 Å². The van der Waals surface area contributed by atoms with Crippen LogP contribution in [0.3, 0.4) is 0 Å². The first-order valence-corrected chi connectivity index (χ1v) is 5.46. The maximum absolute atomic E-state index is 4.12. The van der Waals surface area contributed by atoms with Gasteiger partial charge in [0.1, 0.15) is 0 Å². The quantitative estimate of drug-likeness (QED) is 0.694. The van der Waals surface area contributed by atoms with E-state index in [-0.39, 0.29) is 0 Å². The van der Waals surface area contributed by atoms with Gasteiger partial charge in [-0.3, -0.25) is 0 Å². The largest absolute Gasteiger partial charge is 0.374 e. The van der Waals surface area contributed by atoms with Gasteiger partial charge in [0, 0.05) is 38.4 Å². The van der Waals surface area contributed by atoms with Gasteiger partial charge in [0.05, 0.1) is 0 Å². The van der Waals surface area contributed by atoms with E-state index in [0.29, 0.717) is 0 Å². The molecule has 14 heavy (non-hydrogen) atoms. The van der Waals surface area contributed by atoms with Gasteiger partial charge in [-0.05, 0) is 25.9 Å². The maximum Gasteiger partial charge on any atom is 0.0347 e. The fourth-order valence-corrected chi connectivity index (χ4v) is 2.80. The predicted molar refractivity (Wildman–Crippen MR) is 59.1 cm³/mol. The summed E-state index contributed by atoms with van der Waals surface area (Å²) in [4.78, 5) is 4.91. The van der Waals surface area contributed by atoms with E-state index in [2.05, 4.69) is 28.7 Å². The van der Waals surface area contributed by atoms with Gasteiger partial charge in [-0.25, -0.2) is 0 Å². The van der Waals surface area contributed by atoms with E-state index in [0.717, 1.165) is 18.4 Å². The number of hydrogen-bond donors (Lipinski definition) is 1. The summed E-state index contributed by atoms with van der Waals surface area (Å²) in [6.45, 7) is 10.0. The summed E-state index contributed by atoms with van der Waals surface area (Å²) in [5.41, 5.74) is 1.25. The van der Waals surface area contributed by atoms with Crippen LogP contribution in [0.4, 0.5) is 0 Å². The number of likely N-dealkylation sites (N-methyl/N-ethyl adjacent to an activating group) is 1. The Morgan fingerprint density at radius 2 is 1.86 bits per heavy atom. The molecule has 0 spiro atoms. The number of fused-ring (bicyclic) bond motifs is 1. The predicted octanol–water partition coefficient (Wildman–Crippen LogP) is 0.213. The molecule has 0 saturated carbocycles. The molecule has 0 aromatic heterocycles. The fraction of sp³-hybridized carbons (Fsp3) is 0.818. The molecule has 2 saturated heterocycles. The zero-order chi connectivity index (χ0) is 10.1. The van der Waals surface area contributed by atoms with Gasteiger partial charge >= 0.3 is 0 Å². The van der Waals surface area contributed by atoms with Crippen LogP contribution in [0.5, 0.6) is 0 Å². The highest BCUT2D eigenvalue weighted by molar-refractivity contribution is 5.04. The van der Waals surface area contributed by atoms with E-state index in [1.165, 1.54) is 31.9 Å². The van der Waals surface area contributed by atoms with E-state index < -0.39 is 0 Å². The van der Waals surface area contributed by atoms with E-state index in [4.69, 9.17) is 0 Å². The van der Waals surface area contributed by atoms with Crippen molar-refractivity contribution in [3.05, 3.63) is 12.3 Å². The number of nitrogens with zero attached hydrogens (tertiary/aromatic N) is 2. The number of nitrogens with one attached hydrogen (secondary N) is 1. The highest BCUT2D eigenvalue weighted by Gasteiger charge is 2.38. The number of rotatable bonds is 3. The van der Waals surface area contributed by atoms with Gasteiger partial charge in [-0.15, -0.1) is 0 Å². The van der Waals surface area contributed by atoms with Gasteiger partial charge in [0.2, 0.25) is 0 Å². The molecule has 2 heterocycles. The Kier molecular flexibility index (Phi) is 2.79. The van der Waals surface area contributed by atoms with Gasteiger partial charge in [0.15, 0.2) is 0 Å². The molecule has 2 fully saturated rings.